The summed E-state index contributed by atoms with van der Waals surface area (Å²) in [5.74, 6) is -1.01. The van der Waals surface area contributed by atoms with Gasteiger partial charge in [0.15, 0.2) is 5.69 Å². The van der Waals surface area contributed by atoms with Crippen LogP contribution in [0.15, 0.2) is 6.20 Å². The number of ether oxygens (including phenoxy) is 1. The van der Waals surface area contributed by atoms with E-state index in [-0.39, 0.29) is 23.7 Å². The highest BCUT2D eigenvalue weighted by molar-refractivity contribution is 5.84. The molecular formula is C12H16N4O4. The van der Waals surface area contributed by atoms with E-state index < -0.39 is 5.97 Å². The molecule has 8 heteroatoms. The van der Waals surface area contributed by atoms with Gasteiger partial charge in [-0.2, -0.15) is 0 Å². The summed E-state index contributed by atoms with van der Waals surface area (Å²) in [7, 11) is 0. The minimum absolute atomic E-state index is 0.0176. The van der Waals surface area contributed by atoms with Crippen LogP contribution in [0.3, 0.4) is 0 Å². The molecule has 0 aliphatic carbocycles. The molecule has 0 aromatic carbocycles. The van der Waals surface area contributed by atoms with Crippen molar-refractivity contribution in [1.29, 1.82) is 0 Å². The van der Waals surface area contributed by atoms with Crippen LogP contribution in [-0.2, 0) is 9.53 Å². The number of likely N-dealkylation sites (tertiary alicyclic amines) is 1. The van der Waals surface area contributed by atoms with Crippen molar-refractivity contribution in [2.45, 2.75) is 31.4 Å². The molecule has 108 valence electrons. The lowest BCUT2D eigenvalue weighted by molar-refractivity contribution is -0.139. The number of nitrogens with zero attached hydrogens (tertiary/aromatic N) is 4. The Morgan fingerprint density at radius 3 is 2.85 bits per heavy atom. The van der Waals surface area contributed by atoms with Gasteiger partial charge in [-0.1, -0.05) is 5.21 Å². The number of carbonyl (C=O) groups excluding carboxylic acids is 1. The summed E-state index contributed by atoms with van der Waals surface area (Å²) in [6.07, 6.45) is 3.87. The first-order valence-electron chi connectivity index (χ1n) is 6.68. The van der Waals surface area contributed by atoms with Gasteiger partial charge >= 0.3 is 5.97 Å². The third-order valence-electron chi connectivity index (χ3n) is 3.74. The summed E-state index contributed by atoms with van der Waals surface area (Å²) in [5, 5.41) is 16.1. The lowest BCUT2D eigenvalue weighted by atomic mass is 10.1. The largest absolute Gasteiger partial charge is 0.476 e. The molecule has 20 heavy (non-hydrogen) atoms. The number of carboxylic acid groups (broad SMARTS) is 1. The Morgan fingerprint density at radius 2 is 2.25 bits per heavy atom. The van der Waals surface area contributed by atoms with Crippen LogP contribution >= 0.6 is 0 Å². The Balaban J connectivity index is 1.49. The van der Waals surface area contributed by atoms with Gasteiger partial charge in [-0.15, -0.1) is 5.10 Å². The lowest BCUT2D eigenvalue weighted by Crippen LogP contribution is -2.51. The van der Waals surface area contributed by atoms with Gasteiger partial charge in [-0.05, 0) is 12.8 Å². The summed E-state index contributed by atoms with van der Waals surface area (Å²) in [5.41, 5.74) is -0.0749. The third kappa shape index (κ3) is 2.51. The molecular weight excluding hydrogens is 264 g/mol. The molecule has 2 aliphatic heterocycles. The van der Waals surface area contributed by atoms with Crippen LogP contribution in [-0.4, -0.2) is 62.7 Å². The first-order valence-corrected chi connectivity index (χ1v) is 6.68. The van der Waals surface area contributed by atoms with Crippen LogP contribution in [0, 0.1) is 0 Å². The quantitative estimate of drug-likeness (QED) is 0.829. The molecule has 2 fully saturated rings. The van der Waals surface area contributed by atoms with Crippen molar-refractivity contribution < 1.29 is 19.4 Å². The maximum Gasteiger partial charge on any atom is 0.358 e. The second-order valence-corrected chi connectivity index (χ2v) is 5.18. The topological polar surface area (TPSA) is 97.5 Å². The van der Waals surface area contributed by atoms with Crippen LogP contribution in [0.25, 0.3) is 0 Å². The van der Waals surface area contributed by atoms with Gasteiger partial charge in [0.1, 0.15) is 0 Å². The van der Waals surface area contributed by atoms with Crippen molar-refractivity contribution in [1.82, 2.24) is 19.9 Å². The number of aromatic carboxylic acids is 1. The van der Waals surface area contributed by atoms with E-state index >= 15 is 0 Å². The number of aromatic nitrogens is 3. The van der Waals surface area contributed by atoms with Crippen molar-refractivity contribution in [2.24, 2.45) is 0 Å². The monoisotopic (exact) mass is 280 g/mol. The second kappa shape index (κ2) is 5.20. The van der Waals surface area contributed by atoms with Crippen LogP contribution in [0.1, 0.15) is 35.8 Å². The predicted octanol–water partition coefficient (Wildman–Crippen LogP) is -0.0713. The molecule has 0 bridgehead atoms. The molecule has 3 rings (SSSR count). The van der Waals surface area contributed by atoms with Crippen LogP contribution in [0.4, 0.5) is 0 Å². The highest BCUT2D eigenvalue weighted by atomic mass is 16.5. The molecule has 1 atom stereocenters. The molecule has 3 heterocycles. The standard InChI is InChI=1S/C12H16N4O4/c17-11(4-9-2-1-3-20-9)15-5-8(6-15)16-7-10(12(18)19)13-14-16/h7-9H,1-6H2,(H,18,19). The molecule has 1 amide bonds. The summed E-state index contributed by atoms with van der Waals surface area (Å²) in [4.78, 5) is 24.4. The van der Waals surface area contributed by atoms with E-state index in [9.17, 15) is 9.59 Å². The van der Waals surface area contributed by atoms with Crippen molar-refractivity contribution >= 4 is 11.9 Å². The SMILES string of the molecule is O=C(O)c1cn(C2CN(C(=O)CC3CCCO3)C2)nn1. The van der Waals surface area contributed by atoms with Gasteiger partial charge in [0.05, 0.1) is 24.8 Å². The fourth-order valence-electron chi connectivity index (χ4n) is 2.51. The van der Waals surface area contributed by atoms with Gasteiger partial charge in [-0.3, -0.25) is 4.79 Å². The van der Waals surface area contributed by atoms with Crippen molar-refractivity contribution in [3.8, 4) is 0 Å². The first-order chi connectivity index (χ1) is 9.63. The minimum Gasteiger partial charge on any atom is -0.476 e. The van der Waals surface area contributed by atoms with Gasteiger partial charge in [0.2, 0.25) is 5.91 Å². The van der Waals surface area contributed by atoms with E-state index in [1.165, 1.54) is 10.9 Å². The molecule has 2 aliphatic rings. The highest BCUT2D eigenvalue weighted by Crippen LogP contribution is 2.23. The molecule has 1 N–H and O–H groups in total. The summed E-state index contributed by atoms with van der Waals surface area (Å²) >= 11 is 0. The number of amides is 1. The molecule has 2 saturated heterocycles. The highest BCUT2D eigenvalue weighted by Gasteiger charge is 2.34. The number of hydrogen-bond donors (Lipinski definition) is 1. The zero-order valence-electron chi connectivity index (χ0n) is 10.9. The minimum atomic E-state index is -1.10. The van der Waals surface area contributed by atoms with Gasteiger partial charge in [0, 0.05) is 19.7 Å². The Hall–Kier alpha value is -1.96. The normalized spacial score (nSPS) is 22.8. The Labute approximate surface area is 115 Å². The number of carbonyl (C=O) groups is 2. The van der Waals surface area contributed by atoms with Crippen molar-refractivity contribution in [3.63, 3.8) is 0 Å². The fraction of sp³-hybridized carbons (Fsp3) is 0.667. The van der Waals surface area contributed by atoms with Crippen LogP contribution in [0.2, 0.25) is 0 Å². The lowest BCUT2D eigenvalue weighted by Gasteiger charge is -2.39. The zero-order valence-corrected chi connectivity index (χ0v) is 10.9. The molecule has 0 saturated carbocycles. The van der Waals surface area contributed by atoms with E-state index in [0.717, 1.165) is 19.4 Å². The summed E-state index contributed by atoms with van der Waals surface area (Å²) in [6.45, 7) is 1.85. The average Bonchev–Trinajstić information content (AvgIpc) is 2.97. The maximum atomic E-state index is 12.0. The molecule has 0 radical (unpaired) electrons. The van der Waals surface area contributed by atoms with Gasteiger partial charge in [0.25, 0.3) is 0 Å². The van der Waals surface area contributed by atoms with E-state index in [2.05, 4.69) is 10.3 Å². The van der Waals surface area contributed by atoms with Gasteiger partial charge in [-0.25, -0.2) is 9.48 Å². The summed E-state index contributed by atoms with van der Waals surface area (Å²) < 4.78 is 6.96. The smallest absolute Gasteiger partial charge is 0.358 e. The molecule has 1 aromatic heterocycles. The third-order valence-corrected chi connectivity index (χ3v) is 3.74. The molecule has 1 aromatic rings. The van der Waals surface area contributed by atoms with Crippen molar-refractivity contribution in [2.75, 3.05) is 19.7 Å². The van der Waals surface area contributed by atoms with E-state index in [1.54, 1.807) is 4.90 Å². The van der Waals surface area contributed by atoms with Gasteiger partial charge < -0.3 is 14.7 Å². The van der Waals surface area contributed by atoms with Crippen LogP contribution in [0.5, 0.6) is 0 Å². The first kappa shape index (κ1) is 13.0. The Morgan fingerprint density at radius 1 is 1.45 bits per heavy atom. The number of carboxylic acids is 1. The molecule has 8 nitrogen and oxygen atoms in total. The fourth-order valence-corrected chi connectivity index (χ4v) is 2.51. The Kier molecular flexibility index (Phi) is 3.39. The average molecular weight is 280 g/mol. The van der Waals surface area contributed by atoms with E-state index in [1.807, 2.05) is 0 Å². The van der Waals surface area contributed by atoms with Crippen molar-refractivity contribution in [3.05, 3.63) is 11.9 Å². The maximum absolute atomic E-state index is 12.0. The number of hydrogen-bond acceptors (Lipinski definition) is 5. The Bertz CT molecular complexity index is 517. The second-order valence-electron chi connectivity index (χ2n) is 5.18. The van der Waals surface area contributed by atoms with Crippen LogP contribution < -0.4 is 0 Å². The summed E-state index contributed by atoms with van der Waals surface area (Å²) in [6, 6.07) is 0.0176. The predicted molar refractivity (Wildman–Crippen MR) is 66.2 cm³/mol. The molecule has 0 spiro atoms. The van der Waals surface area contributed by atoms with E-state index in [4.69, 9.17) is 9.84 Å². The number of rotatable bonds is 4. The molecule has 1 unspecified atom stereocenters. The zero-order chi connectivity index (χ0) is 14.1. The van der Waals surface area contributed by atoms with E-state index in [0.29, 0.717) is 19.5 Å².